The van der Waals surface area contributed by atoms with Gasteiger partial charge in [-0.25, -0.2) is 0 Å². The molecule has 4 N–H and O–H groups in total. The van der Waals surface area contributed by atoms with Crippen molar-refractivity contribution in [2.24, 2.45) is 98.6 Å². The Hall–Kier alpha value is -0.650. The van der Waals surface area contributed by atoms with E-state index in [2.05, 4.69) is 55.4 Å². The largest absolute Gasteiger partial charge is 0.481 e. The molecular formula is C47H82O5. The fourth-order valence-corrected chi connectivity index (χ4v) is 17.4. The van der Waals surface area contributed by atoms with Gasteiger partial charge in [-0.05, 0) is 208 Å². The number of fused-ring (bicyclic) bond motifs is 10. The first-order valence-electron chi connectivity index (χ1n) is 22.7. The van der Waals surface area contributed by atoms with Crippen LogP contribution in [0.3, 0.4) is 0 Å². The minimum atomic E-state index is -0.707. The number of carboxylic acids is 1. The smallest absolute Gasteiger partial charge is 0.303 e. The van der Waals surface area contributed by atoms with Gasteiger partial charge in [0.05, 0.1) is 18.3 Å². The number of aliphatic carboxylic acids is 1. The normalized spacial score (nSPS) is 54.3. The Balaban J connectivity index is 0.000000180. The minimum Gasteiger partial charge on any atom is -0.481 e. The van der Waals surface area contributed by atoms with Crippen LogP contribution in [0.2, 0.25) is 0 Å². The lowest BCUT2D eigenvalue weighted by Gasteiger charge is -2.63. The maximum Gasteiger partial charge on any atom is 0.303 e. The van der Waals surface area contributed by atoms with Gasteiger partial charge in [0.25, 0.3) is 0 Å². The van der Waals surface area contributed by atoms with E-state index in [0.717, 1.165) is 92.8 Å². The molecule has 0 aromatic heterocycles. The van der Waals surface area contributed by atoms with Gasteiger partial charge in [0, 0.05) is 7.85 Å². The van der Waals surface area contributed by atoms with E-state index >= 15 is 0 Å². The summed E-state index contributed by atoms with van der Waals surface area (Å²) in [4.78, 5) is 11.1. The van der Waals surface area contributed by atoms with Crippen LogP contribution in [0.15, 0.2) is 0 Å². The Morgan fingerprint density at radius 3 is 1.65 bits per heavy atom. The molecule has 0 aromatic rings. The van der Waals surface area contributed by atoms with Crippen LogP contribution >= 0.6 is 0 Å². The molecule has 0 unspecified atom stereocenters. The molecule has 0 saturated heterocycles. The number of aliphatic hydroxyl groups excluding tert-OH is 3. The number of hydrogen-bond donors (Lipinski definition) is 4. The summed E-state index contributed by atoms with van der Waals surface area (Å²) in [5.74, 6) is 8.89. The topological polar surface area (TPSA) is 98.0 Å². The van der Waals surface area contributed by atoms with Gasteiger partial charge in [0.15, 0.2) is 0 Å². The van der Waals surface area contributed by atoms with E-state index in [-0.39, 0.29) is 37.0 Å². The van der Waals surface area contributed by atoms with Gasteiger partial charge in [-0.3, -0.25) is 4.79 Å². The van der Waals surface area contributed by atoms with Crippen molar-refractivity contribution in [1.82, 2.24) is 0 Å². The Kier molecular flexibility index (Phi) is 10.9. The van der Waals surface area contributed by atoms with E-state index in [4.69, 9.17) is 5.11 Å². The third-order valence-electron chi connectivity index (χ3n) is 20.4. The van der Waals surface area contributed by atoms with Crippen molar-refractivity contribution >= 4 is 5.97 Å². The quantitative estimate of drug-likeness (QED) is 0.226. The lowest BCUT2D eigenvalue weighted by atomic mass is 9.42. The number of rotatable bonds is 5. The lowest BCUT2D eigenvalue weighted by Crippen LogP contribution is -2.58. The standard InChI is InChI=1S/C24H40O4.C23H40O.H2/c1-14(4-9-22(27)28)18-7-8-19-17-6-5-15-12-16(25)10-11-23(15,2)20(17)13-21(26)24(18,19)3;1-14(2)19-8-9-20-18-7-6-16-13-17(24)10-11-22(16,4)21(18)12-15(3)23(19,20)5;/h14-21,25-26H,4-13H2,1-3H3,(H,27,28);14-21,24H,6-13H2,1-5H3;1H/t14-,15-,16-,17+,18-,19+,20+,21+,23+,24-;15-,16+,17+,18-,19+,20-,21-,22-,23+;/m10./s1/i;;1+1. The van der Waals surface area contributed by atoms with Crippen molar-refractivity contribution in [3.8, 4) is 0 Å². The van der Waals surface area contributed by atoms with Gasteiger partial charge < -0.3 is 20.4 Å². The van der Waals surface area contributed by atoms with E-state index in [1.807, 2.05) is 0 Å². The van der Waals surface area contributed by atoms with Gasteiger partial charge in [0.2, 0.25) is 0 Å². The number of carbonyl (C=O) groups is 1. The third-order valence-corrected chi connectivity index (χ3v) is 20.4. The first-order valence-corrected chi connectivity index (χ1v) is 22.7. The highest BCUT2D eigenvalue weighted by Gasteiger charge is 2.65. The average Bonchev–Trinajstić information content (AvgIpc) is 3.65. The highest BCUT2D eigenvalue weighted by Crippen LogP contribution is 2.71. The molecule has 0 aliphatic heterocycles. The highest BCUT2D eigenvalue weighted by atomic mass is 16.4. The molecule has 8 aliphatic rings. The SMILES string of the molecule is CC(C)[C@H]1CC[C@H]2[C@@H]3CC[C@@H]4C[C@H](O)CC[C@]4(C)[C@H]3C[C@H](C)[C@]12C.C[C@H](CCC(=O)O)[C@H]1CC[C@H]2[C@@H]3CC[C@@H]4C[C@H](O)CC[C@]4(C)[C@H]3C[C@H](O)[C@]12C.[2HH]. The van der Waals surface area contributed by atoms with Gasteiger partial charge in [-0.2, -0.15) is 0 Å². The molecule has 8 rings (SSSR count). The van der Waals surface area contributed by atoms with E-state index in [0.29, 0.717) is 46.3 Å². The molecule has 0 heterocycles. The fourth-order valence-electron chi connectivity index (χ4n) is 17.4. The van der Waals surface area contributed by atoms with Crippen LogP contribution in [0.5, 0.6) is 0 Å². The number of carboxylic acid groups (broad SMARTS) is 1. The maximum absolute atomic E-state index is 11.5. The van der Waals surface area contributed by atoms with Gasteiger partial charge in [0.1, 0.15) is 0 Å². The maximum atomic E-state index is 11.5. The van der Waals surface area contributed by atoms with Crippen molar-refractivity contribution in [1.29, 1.82) is 0 Å². The van der Waals surface area contributed by atoms with Crippen molar-refractivity contribution in [2.45, 2.75) is 189 Å². The zero-order valence-electron chi connectivity index (χ0n) is 34.7. The lowest BCUT2D eigenvalue weighted by molar-refractivity contribution is -0.175. The summed E-state index contributed by atoms with van der Waals surface area (Å²) < 4.78 is 0. The second-order valence-corrected chi connectivity index (χ2v) is 22.3. The fraction of sp³-hybridized carbons (Fsp3) is 0.979. The monoisotopic (exact) mass is 728 g/mol. The third kappa shape index (κ3) is 6.21. The van der Waals surface area contributed by atoms with E-state index < -0.39 is 5.97 Å². The first kappa shape index (κ1) is 39.6. The van der Waals surface area contributed by atoms with Crippen LogP contribution in [0, 0.1) is 98.6 Å². The molecule has 5 heteroatoms. The van der Waals surface area contributed by atoms with Crippen LogP contribution in [-0.4, -0.2) is 44.7 Å². The molecule has 0 bridgehead atoms. The Bertz CT molecular complexity index is 1290. The second-order valence-electron chi connectivity index (χ2n) is 22.3. The first-order chi connectivity index (χ1) is 24.5. The molecule has 300 valence electrons. The second kappa shape index (κ2) is 14.4. The van der Waals surface area contributed by atoms with Crippen molar-refractivity contribution in [3.63, 3.8) is 0 Å². The van der Waals surface area contributed by atoms with Gasteiger partial charge >= 0.3 is 5.97 Å². The molecule has 52 heavy (non-hydrogen) atoms. The Morgan fingerprint density at radius 2 is 1.13 bits per heavy atom. The Labute approximate surface area is 319 Å². The number of hydrogen-bond acceptors (Lipinski definition) is 4. The summed E-state index contributed by atoms with van der Waals surface area (Å²) in [5, 5.41) is 41.0. The van der Waals surface area contributed by atoms with E-state index in [1.54, 1.807) is 0 Å². The molecule has 8 fully saturated rings. The average molecular weight is 728 g/mol. The summed E-state index contributed by atoms with van der Waals surface area (Å²) in [6, 6.07) is 0. The summed E-state index contributed by atoms with van der Waals surface area (Å²) in [6.45, 7) is 19.8. The molecule has 0 amide bonds. The molecule has 0 spiro atoms. The van der Waals surface area contributed by atoms with Crippen LogP contribution in [-0.2, 0) is 4.79 Å². The van der Waals surface area contributed by atoms with E-state index in [1.165, 1.54) is 57.8 Å². The summed E-state index contributed by atoms with van der Waals surface area (Å²) in [7, 11) is 0. The van der Waals surface area contributed by atoms with Crippen molar-refractivity contribution < 1.29 is 26.6 Å². The zero-order chi connectivity index (χ0) is 37.5. The van der Waals surface area contributed by atoms with Crippen LogP contribution in [0.1, 0.15) is 172 Å². The van der Waals surface area contributed by atoms with Crippen LogP contribution in [0.4, 0.5) is 0 Å². The summed E-state index contributed by atoms with van der Waals surface area (Å²) in [6.07, 6.45) is 20.0. The molecular weight excluding hydrogens is 645 g/mol. The molecule has 8 saturated carbocycles. The predicted octanol–water partition coefficient (Wildman–Crippen LogP) is 10.6. The van der Waals surface area contributed by atoms with E-state index in [9.17, 15) is 20.1 Å². The molecule has 19 atom stereocenters. The molecule has 5 nitrogen and oxygen atoms in total. The van der Waals surface area contributed by atoms with Crippen molar-refractivity contribution in [3.05, 3.63) is 0 Å². The molecule has 8 aliphatic carbocycles. The predicted molar refractivity (Wildman–Crippen MR) is 211 cm³/mol. The van der Waals surface area contributed by atoms with Gasteiger partial charge in [-0.1, -0.05) is 55.4 Å². The highest BCUT2D eigenvalue weighted by molar-refractivity contribution is 5.66. The van der Waals surface area contributed by atoms with Gasteiger partial charge in [-0.15, -0.1) is 0 Å². The van der Waals surface area contributed by atoms with Crippen LogP contribution < -0.4 is 0 Å². The van der Waals surface area contributed by atoms with Crippen molar-refractivity contribution in [2.75, 3.05) is 0 Å². The number of aliphatic hydroxyl groups is 3. The Morgan fingerprint density at radius 1 is 0.635 bits per heavy atom. The zero-order valence-corrected chi connectivity index (χ0v) is 34.7. The summed E-state index contributed by atoms with van der Waals surface area (Å²) in [5.41, 5.74) is 1.33. The minimum absolute atomic E-state index is 0. The molecule has 0 radical (unpaired) electrons. The summed E-state index contributed by atoms with van der Waals surface area (Å²) >= 11 is 0. The van der Waals surface area contributed by atoms with Crippen LogP contribution in [0.25, 0.3) is 0 Å². The molecule has 0 aromatic carbocycles.